The quantitative estimate of drug-likeness (QED) is 0.601. The minimum atomic E-state index is -4.78. The molecule has 1 amide bonds. The molecule has 0 aromatic heterocycles. The van der Waals surface area contributed by atoms with Crippen LogP contribution in [0.5, 0.6) is 5.75 Å². The van der Waals surface area contributed by atoms with Crippen LogP contribution in [0.15, 0.2) is 24.3 Å². The summed E-state index contributed by atoms with van der Waals surface area (Å²) in [6.07, 6.45) is -3.73. The molecule has 1 aliphatic carbocycles. The molecule has 0 saturated heterocycles. The van der Waals surface area contributed by atoms with Crippen LogP contribution in [0, 0.1) is 11.8 Å². The second-order valence-electron chi connectivity index (χ2n) is 8.05. The fraction of sp³-hybridized carbons (Fsp3) is 0.650. The van der Waals surface area contributed by atoms with E-state index in [1.807, 2.05) is 0 Å². The first-order valence-corrected chi connectivity index (χ1v) is 9.65. The van der Waals surface area contributed by atoms with Gasteiger partial charge >= 0.3 is 6.36 Å². The Balaban J connectivity index is 1.97. The summed E-state index contributed by atoms with van der Waals surface area (Å²) < 4.78 is 40.4. The third-order valence-corrected chi connectivity index (χ3v) is 5.69. The molecule has 1 saturated carbocycles. The number of aliphatic hydroxyl groups excluding tert-OH is 1. The summed E-state index contributed by atoms with van der Waals surface area (Å²) in [5.41, 5.74) is 12.9. The minimum Gasteiger partial charge on any atom is -0.672 e. The topological polar surface area (TPSA) is 117 Å². The highest BCUT2D eigenvalue weighted by Crippen LogP contribution is 2.39. The van der Waals surface area contributed by atoms with E-state index in [0.717, 1.165) is 25.0 Å². The summed E-state index contributed by atoms with van der Waals surface area (Å²) >= 11 is 0. The number of alkyl halides is 3. The summed E-state index contributed by atoms with van der Waals surface area (Å²) in [5, 5.41) is 21.3. The lowest BCUT2D eigenvalue weighted by atomic mass is 9.70. The van der Waals surface area contributed by atoms with Crippen molar-refractivity contribution in [2.45, 2.75) is 69.6 Å². The minimum absolute atomic E-state index is 0.0639. The molecule has 6 nitrogen and oxygen atoms in total. The highest BCUT2D eigenvalue weighted by Gasteiger charge is 2.43. The molecule has 0 radical (unpaired) electrons. The number of carbonyl (C=O) groups excluding carboxylic acids is 1. The first-order chi connectivity index (χ1) is 13.4. The van der Waals surface area contributed by atoms with E-state index in [9.17, 15) is 28.2 Å². The molecule has 164 valence electrons. The van der Waals surface area contributed by atoms with Gasteiger partial charge in [-0.25, -0.2) is 0 Å². The van der Waals surface area contributed by atoms with Gasteiger partial charge in [0.15, 0.2) is 0 Å². The van der Waals surface area contributed by atoms with Crippen LogP contribution in [-0.2, 0) is 11.2 Å². The average Bonchev–Trinajstić information content (AvgIpc) is 2.62. The van der Waals surface area contributed by atoms with Gasteiger partial charge < -0.3 is 26.4 Å². The summed E-state index contributed by atoms with van der Waals surface area (Å²) in [4.78, 5) is 11.9. The molecule has 0 aliphatic heterocycles. The number of nitrogens with one attached hydrogen (secondary N) is 1. The molecule has 3 unspecified atom stereocenters. The van der Waals surface area contributed by atoms with Crippen LogP contribution in [0.4, 0.5) is 13.2 Å². The molecule has 0 bridgehead atoms. The number of hydrogen-bond acceptors (Lipinski definition) is 4. The SMILES string of the molecule is CC1CCC(O)(C(CC(O)C([NH-])Cc2ccc(OC(F)(F)F)cc2)C(N)=O)CC1. The monoisotopic (exact) mass is 417 g/mol. The van der Waals surface area contributed by atoms with Crippen LogP contribution in [0.2, 0.25) is 0 Å². The molecule has 3 atom stereocenters. The summed E-state index contributed by atoms with van der Waals surface area (Å²) in [6, 6.07) is 4.02. The zero-order valence-corrected chi connectivity index (χ0v) is 16.3. The van der Waals surface area contributed by atoms with Gasteiger partial charge in [0.25, 0.3) is 0 Å². The third kappa shape index (κ3) is 6.87. The molecule has 29 heavy (non-hydrogen) atoms. The standard InChI is InChI=1S/C20H28F3N2O4/c1-12-6-8-19(28,9-7-12)15(18(25)27)11-17(26)16(24)10-13-2-4-14(5-3-13)29-20(21,22)23/h2-5,12,15-17,24,26,28H,6-11H2,1H3,(H2,25,27)/q-1. The number of nitrogens with two attached hydrogens (primary N) is 1. The number of amides is 1. The second-order valence-corrected chi connectivity index (χ2v) is 8.05. The van der Waals surface area contributed by atoms with Crippen LogP contribution in [0.1, 0.15) is 44.6 Å². The zero-order chi connectivity index (χ0) is 21.8. The van der Waals surface area contributed by atoms with E-state index in [2.05, 4.69) is 11.7 Å². The molecule has 1 aromatic carbocycles. The lowest BCUT2D eigenvalue weighted by molar-refractivity contribution is -0.274. The van der Waals surface area contributed by atoms with Gasteiger partial charge in [0, 0.05) is 6.10 Å². The lowest BCUT2D eigenvalue weighted by Crippen LogP contribution is -2.49. The summed E-state index contributed by atoms with van der Waals surface area (Å²) in [5.74, 6) is -1.59. The van der Waals surface area contributed by atoms with Gasteiger partial charge in [0.05, 0.1) is 11.5 Å². The Kier molecular flexibility index (Phi) is 7.53. The van der Waals surface area contributed by atoms with Gasteiger partial charge in [-0.2, -0.15) is 0 Å². The smallest absolute Gasteiger partial charge is 0.573 e. The fourth-order valence-electron chi connectivity index (χ4n) is 3.83. The van der Waals surface area contributed by atoms with Crippen molar-refractivity contribution < 1.29 is 32.9 Å². The van der Waals surface area contributed by atoms with Gasteiger partial charge in [-0.1, -0.05) is 19.1 Å². The van der Waals surface area contributed by atoms with Crippen LogP contribution in [0.3, 0.4) is 0 Å². The molecule has 5 N–H and O–H groups in total. The van der Waals surface area contributed by atoms with Gasteiger partial charge in [0.2, 0.25) is 5.91 Å². The van der Waals surface area contributed by atoms with E-state index in [1.54, 1.807) is 0 Å². The Morgan fingerprint density at radius 2 is 1.86 bits per heavy atom. The van der Waals surface area contributed by atoms with E-state index in [0.29, 0.717) is 24.3 Å². The number of aliphatic hydroxyl groups is 2. The Morgan fingerprint density at radius 1 is 1.31 bits per heavy atom. The number of hydrogen-bond donors (Lipinski definition) is 3. The molecular formula is C20H28F3N2O4-. The van der Waals surface area contributed by atoms with Crippen LogP contribution in [-0.4, -0.2) is 40.2 Å². The van der Waals surface area contributed by atoms with E-state index >= 15 is 0 Å². The Bertz CT molecular complexity index is 673. The van der Waals surface area contributed by atoms with E-state index in [-0.39, 0.29) is 18.6 Å². The van der Waals surface area contributed by atoms with E-state index < -0.39 is 35.9 Å². The molecule has 1 aliphatic rings. The number of ether oxygens (including phenoxy) is 1. The molecule has 0 heterocycles. The highest BCUT2D eigenvalue weighted by molar-refractivity contribution is 5.78. The highest BCUT2D eigenvalue weighted by atomic mass is 19.4. The van der Waals surface area contributed by atoms with Crippen LogP contribution < -0.4 is 10.5 Å². The number of carbonyl (C=O) groups is 1. The molecule has 1 fully saturated rings. The fourth-order valence-corrected chi connectivity index (χ4v) is 3.83. The van der Waals surface area contributed by atoms with Crippen molar-refractivity contribution in [1.29, 1.82) is 0 Å². The molecule has 0 spiro atoms. The number of halogens is 3. The summed E-state index contributed by atoms with van der Waals surface area (Å²) in [7, 11) is 0. The number of primary amides is 1. The normalized spacial score (nSPS) is 25.8. The number of benzene rings is 1. The lowest BCUT2D eigenvalue weighted by Gasteiger charge is -2.41. The Labute approximate surface area is 168 Å². The van der Waals surface area contributed by atoms with Crippen LogP contribution >= 0.6 is 0 Å². The maximum absolute atomic E-state index is 12.2. The Hall–Kier alpha value is -1.84. The third-order valence-electron chi connectivity index (χ3n) is 5.69. The van der Waals surface area contributed by atoms with Gasteiger partial charge in [-0.3, -0.25) is 4.79 Å². The van der Waals surface area contributed by atoms with Gasteiger partial charge in [-0.15, -0.1) is 19.2 Å². The summed E-state index contributed by atoms with van der Waals surface area (Å²) in [6.45, 7) is 2.07. The first-order valence-electron chi connectivity index (χ1n) is 9.65. The zero-order valence-electron chi connectivity index (χ0n) is 16.3. The van der Waals surface area contributed by atoms with E-state index in [1.165, 1.54) is 12.1 Å². The molecule has 1 aromatic rings. The van der Waals surface area contributed by atoms with Gasteiger partial charge in [-0.05, 0) is 62.1 Å². The van der Waals surface area contributed by atoms with Crippen molar-refractivity contribution >= 4 is 5.91 Å². The maximum atomic E-state index is 12.2. The van der Waals surface area contributed by atoms with Crippen molar-refractivity contribution in [3.8, 4) is 5.75 Å². The van der Waals surface area contributed by atoms with Crippen LogP contribution in [0.25, 0.3) is 5.73 Å². The maximum Gasteiger partial charge on any atom is 0.573 e. The van der Waals surface area contributed by atoms with Gasteiger partial charge in [0.1, 0.15) is 5.75 Å². The average molecular weight is 417 g/mol. The van der Waals surface area contributed by atoms with Crippen molar-refractivity contribution in [2.24, 2.45) is 17.6 Å². The predicted octanol–water partition coefficient (Wildman–Crippen LogP) is 3.34. The number of rotatable bonds is 8. The van der Waals surface area contributed by atoms with E-state index in [4.69, 9.17) is 11.5 Å². The van der Waals surface area contributed by atoms with Crippen molar-refractivity contribution in [3.05, 3.63) is 35.6 Å². The van der Waals surface area contributed by atoms with Crippen molar-refractivity contribution in [3.63, 3.8) is 0 Å². The van der Waals surface area contributed by atoms with Crippen molar-refractivity contribution in [1.82, 2.24) is 0 Å². The first kappa shape index (κ1) is 23.4. The van der Waals surface area contributed by atoms with Crippen molar-refractivity contribution in [2.75, 3.05) is 0 Å². The molecule has 9 heteroatoms. The molecule has 2 rings (SSSR count). The predicted molar refractivity (Wildman–Crippen MR) is 101 cm³/mol. The largest absolute Gasteiger partial charge is 0.672 e. The Morgan fingerprint density at radius 3 is 2.34 bits per heavy atom. The molecular weight excluding hydrogens is 389 g/mol. The second kappa shape index (κ2) is 9.32.